The van der Waals surface area contributed by atoms with E-state index in [1.807, 2.05) is 0 Å². The Morgan fingerprint density at radius 1 is 0.263 bits per heavy atom. The SMILES string of the molecule is CC/C=C\C/C=C\C/C=C\C/C=C\C/C=C\CCCCCCCCCCCCCCCCCCCCCC(=O)OCC(COC(=O)CCCCC/C=C\C/C=C\C/C=C\CC)OC(=O)CCCCCCC/C=C\C/C=C\CCCC. The third-order valence-corrected chi connectivity index (χ3v) is 14.2. The Kier molecular flexibility index (Phi) is 63.8. The molecule has 0 aromatic heterocycles. The molecule has 0 aliphatic carbocycles. The van der Waals surface area contributed by atoms with Gasteiger partial charge in [-0.05, 0) is 122 Å². The third-order valence-electron chi connectivity index (χ3n) is 14.2. The maximum Gasteiger partial charge on any atom is 0.306 e. The average Bonchev–Trinajstić information content (AvgIpc) is 3.46. The number of unbranched alkanes of at least 4 members (excludes halogenated alkanes) is 29. The summed E-state index contributed by atoms with van der Waals surface area (Å²) >= 11 is 0. The number of ether oxygens (including phenoxy) is 3. The first kappa shape index (κ1) is 75.8. The molecule has 0 fully saturated rings. The van der Waals surface area contributed by atoms with Crippen molar-refractivity contribution >= 4 is 17.9 Å². The Balaban J connectivity index is 4.13. The van der Waals surface area contributed by atoms with Crippen LogP contribution in [-0.2, 0) is 28.6 Å². The van der Waals surface area contributed by atoms with Crippen molar-refractivity contribution in [2.75, 3.05) is 13.2 Å². The van der Waals surface area contributed by atoms with Gasteiger partial charge in [-0.1, -0.05) is 290 Å². The monoisotopic (exact) mass is 1110 g/mol. The van der Waals surface area contributed by atoms with Crippen LogP contribution in [0.2, 0.25) is 0 Å². The zero-order chi connectivity index (χ0) is 57.8. The van der Waals surface area contributed by atoms with Crippen LogP contribution in [0.4, 0.5) is 0 Å². The first-order valence-electron chi connectivity index (χ1n) is 33.5. The van der Waals surface area contributed by atoms with Crippen molar-refractivity contribution < 1.29 is 28.6 Å². The van der Waals surface area contributed by atoms with Gasteiger partial charge < -0.3 is 14.2 Å². The lowest BCUT2D eigenvalue weighted by Gasteiger charge is -2.18. The lowest BCUT2D eigenvalue weighted by atomic mass is 10.0. The van der Waals surface area contributed by atoms with Crippen LogP contribution in [-0.4, -0.2) is 37.2 Å². The summed E-state index contributed by atoms with van der Waals surface area (Å²) in [6.45, 7) is 6.35. The largest absolute Gasteiger partial charge is 0.462 e. The van der Waals surface area contributed by atoms with Gasteiger partial charge in [-0.25, -0.2) is 0 Å². The van der Waals surface area contributed by atoms with Gasteiger partial charge >= 0.3 is 17.9 Å². The van der Waals surface area contributed by atoms with E-state index in [-0.39, 0.29) is 31.1 Å². The van der Waals surface area contributed by atoms with Gasteiger partial charge in [0.15, 0.2) is 6.10 Å². The van der Waals surface area contributed by atoms with Crippen molar-refractivity contribution in [3.63, 3.8) is 0 Å². The number of esters is 3. The van der Waals surface area contributed by atoms with E-state index in [1.165, 1.54) is 128 Å². The minimum Gasteiger partial charge on any atom is -0.462 e. The topological polar surface area (TPSA) is 78.9 Å². The lowest BCUT2D eigenvalue weighted by Crippen LogP contribution is -2.30. The summed E-state index contributed by atoms with van der Waals surface area (Å²) < 4.78 is 16.9. The number of hydrogen-bond donors (Lipinski definition) is 0. The van der Waals surface area contributed by atoms with E-state index in [0.29, 0.717) is 19.3 Å². The summed E-state index contributed by atoms with van der Waals surface area (Å²) in [6.07, 6.45) is 93.8. The third kappa shape index (κ3) is 64.6. The van der Waals surface area contributed by atoms with Crippen LogP contribution in [0.25, 0.3) is 0 Å². The zero-order valence-electron chi connectivity index (χ0n) is 52.3. The summed E-state index contributed by atoms with van der Waals surface area (Å²) in [5.74, 6) is -0.930. The van der Waals surface area contributed by atoms with E-state index in [4.69, 9.17) is 14.2 Å². The van der Waals surface area contributed by atoms with Crippen molar-refractivity contribution in [3.8, 4) is 0 Å². The zero-order valence-corrected chi connectivity index (χ0v) is 52.3. The van der Waals surface area contributed by atoms with Crippen molar-refractivity contribution in [2.45, 2.75) is 316 Å². The number of carbonyl (C=O) groups is 3. The molecule has 456 valence electrons. The Morgan fingerprint density at radius 2 is 0.487 bits per heavy atom. The molecule has 0 aliphatic heterocycles. The molecule has 6 heteroatoms. The summed E-state index contributed by atoms with van der Waals surface area (Å²) in [6, 6.07) is 0. The van der Waals surface area contributed by atoms with E-state index in [2.05, 4.69) is 142 Å². The molecule has 0 aliphatic rings. The number of hydrogen-bond acceptors (Lipinski definition) is 6. The predicted molar refractivity (Wildman–Crippen MR) is 348 cm³/mol. The van der Waals surface area contributed by atoms with Crippen molar-refractivity contribution in [3.05, 3.63) is 122 Å². The second-order valence-electron chi connectivity index (χ2n) is 22.0. The molecule has 0 amide bonds. The van der Waals surface area contributed by atoms with Crippen molar-refractivity contribution in [1.29, 1.82) is 0 Å². The summed E-state index contributed by atoms with van der Waals surface area (Å²) in [5, 5.41) is 0. The minimum atomic E-state index is -0.798. The first-order chi connectivity index (χ1) is 39.5. The quantitative estimate of drug-likeness (QED) is 0.0261. The predicted octanol–water partition coefficient (Wildman–Crippen LogP) is 23.2. The standard InChI is InChI=1S/C74H124O6/c1-4-7-10-13-16-19-22-25-27-28-29-30-31-32-33-34-35-36-37-38-39-40-41-42-43-44-45-46-47-50-52-55-58-61-64-67-73(76)79-70-71(69-78-72(75)66-63-60-57-54-51-48-24-21-18-15-12-9-6-3)80-74(77)68-65-62-59-56-53-49-26-23-20-17-14-11-8-5-2/h7,9-10,12,14,16-19,21,23,25-27,29-30,32-33,48,51,71H,4-6,8,11,13,15,20,22,24,28,31,34-47,49-50,52-70H2,1-3H3/b10-7-,12-9-,17-14-,19-16-,21-18-,26-23-,27-25-,30-29-,33-32-,51-48-. The Bertz CT molecular complexity index is 1650. The van der Waals surface area contributed by atoms with E-state index in [1.54, 1.807) is 0 Å². The maximum atomic E-state index is 12.9. The van der Waals surface area contributed by atoms with Crippen LogP contribution in [0.15, 0.2) is 122 Å². The van der Waals surface area contributed by atoms with E-state index >= 15 is 0 Å². The molecule has 1 unspecified atom stereocenters. The molecule has 0 saturated carbocycles. The van der Waals surface area contributed by atoms with Crippen molar-refractivity contribution in [1.82, 2.24) is 0 Å². The molecular weight excluding hydrogens is 985 g/mol. The van der Waals surface area contributed by atoms with Crippen LogP contribution in [0.5, 0.6) is 0 Å². The molecule has 80 heavy (non-hydrogen) atoms. The number of allylic oxidation sites excluding steroid dienone is 20. The minimum absolute atomic E-state index is 0.0921. The molecule has 1 atom stereocenters. The highest BCUT2D eigenvalue weighted by Crippen LogP contribution is 2.17. The highest BCUT2D eigenvalue weighted by Gasteiger charge is 2.19. The highest BCUT2D eigenvalue weighted by molar-refractivity contribution is 5.71. The Labute approximate surface area is 494 Å². The molecule has 0 spiro atoms. The van der Waals surface area contributed by atoms with Gasteiger partial charge in [0, 0.05) is 19.3 Å². The van der Waals surface area contributed by atoms with E-state index in [9.17, 15) is 14.4 Å². The average molecular weight is 1110 g/mol. The second kappa shape index (κ2) is 67.3. The van der Waals surface area contributed by atoms with Gasteiger partial charge in [-0.2, -0.15) is 0 Å². The van der Waals surface area contributed by atoms with Gasteiger partial charge in [0.1, 0.15) is 13.2 Å². The number of carbonyl (C=O) groups excluding carboxylic acids is 3. The molecule has 0 rings (SSSR count). The smallest absolute Gasteiger partial charge is 0.306 e. The maximum absolute atomic E-state index is 12.9. The van der Waals surface area contributed by atoms with Gasteiger partial charge in [-0.3, -0.25) is 14.4 Å². The fraction of sp³-hybridized carbons (Fsp3) is 0.689. The Morgan fingerprint density at radius 3 is 0.775 bits per heavy atom. The van der Waals surface area contributed by atoms with Gasteiger partial charge in [0.2, 0.25) is 0 Å². The van der Waals surface area contributed by atoms with Crippen LogP contribution >= 0.6 is 0 Å². The molecule has 0 heterocycles. The fourth-order valence-electron chi connectivity index (χ4n) is 9.21. The normalized spacial score (nSPS) is 12.9. The van der Waals surface area contributed by atoms with Crippen LogP contribution in [0, 0.1) is 0 Å². The van der Waals surface area contributed by atoms with Crippen molar-refractivity contribution in [2.24, 2.45) is 0 Å². The summed E-state index contributed by atoms with van der Waals surface area (Å²) in [4.78, 5) is 38.2. The molecular formula is C74H124O6. The van der Waals surface area contributed by atoms with E-state index in [0.717, 1.165) is 141 Å². The van der Waals surface area contributed by atoms with Crippen LogP contribution < -0.4 is 0 Å². The molecule has 0 aromatic rings. The van der Waals surface area contributed by atoms with Crippen LogP contribution in [0.1, 0.15) is 310 Å². The molecule has 0 aromatic carbocycles. The first-order valence-corrected chi connectivity index (χ1v) is 33.5. The fourth-order valence-corrected chi connectivity index (χ4v) is 9.21. The van der Waals surface area contributed by atoms with E-state index < -0.39 is 6.10 Å². The second-order valence-corrected chi connectivity index (χ2v) is 22.0. The summed E-state index contributed by atoms with van der Waals surface area (Å²) in [5.41, 5.74) is 0. The highest BCUT2D eigenvalue weighted by atomic mass is 16.6. The lowest BCUT2D eigenvalue weighted by molar-refractivity contribution is -0.167. The molecule has 0 saturated heterocycles. The molecule has 0 radical (unpaired) electrons. The van der Waals surface area contributed by atoms with Gasteiger partial charge in [-0.15, -0.1) is 0 Å². The number of rotatable bonds is 60. The van der Waals surface area contributed by atoms with Gasteiger partial charge in [0.05, 0.1) is 0 Å². The molecule has 6 nitrogen and oxygen atoms in total. The molecule has 0 N–H and O–H groups in total. The van der Waals surface area contributed by atoms with Gasteiger partial charge in [0.25, 0.3) is 0 Å². The molecule has 0 bridgehead atoms. The Hall–Kier alpha value is -4.19. The van der Waals surface area contributed by atoms with Crippen LogP contribution in [0.3, 0.4) is 0 Å². The summed E-state index contributed by atoms with van der Waals surface area (Å²) in [7, 11) is 0.